The maximum atomic E-state index is 12.1. The van der Waals surface area contributed by atoms with E-state index in [4.69, 9.17) is 5.73 Å². The molecule has 0 bridgehead atoms. The highest BCUT2D eigenvalue weighted by atomic mass is 32.2. The summed E-state index contributed by atoms with van der Waals surface area (Å²) in [5, 5.41) is 0.0887. The Kier molecular flexibility index (Phi) is 2.80. The van der Waals surface area contributed by atoms with Gasteiger partial charge in [0.1, 0.15) is 0 Å². The second-order valence-electron chi connectivity index (χ2n) is 5.04. The molecule has 2 rings (SSSR count). The number of imidazole rings is 1. The van der Waals surface area contributed by atoms with Gasteiger partial charge in [0.25, 0.3) is 10.0 Å². The van der Waals surface area contributed by atoms with Crippen molar-refractivity contribution in [3.05, 3.63) is 12.5 Å². The first-order valence-corrected chi connectivity index (χ1v) is 6.97. The van der Waals surface area contributed by atoms with Gasteiger partial charge in [-0.05, 0) is 5.92 Å². The zero-order valence-electron chi connectivity index (χ0n) is 10.3. The van der Waals surface area contributed by atoms with Gasteiger partial charge in [-0.25, -0.2) is 13.4 Å². The molecule has 0 amide bonds. The fourth-order valence-corrected chi connectivity index (χ4v) is 3.36. The standard InChI is InChI=1S/C10H18N4O2S/c1-8(2)10(11)5-14(6-10)17(15,16)9-4-13(3)7-12-9/h4,7-8H,5-6,11H2,1-3H3. The van der Waals surface area contributed by atoms with Crippen molar-refractivity contribution in [1.82, 2.24) is 13.9 Å². The van der Waals surface area contributed by atoms with Crippen LogP contribution in [0.4, 0.5) is 0 Å². The molecule has 1 aliphatic rings. The Bertz CT molecular complexity index is 514. The highest BCUT2D eigenvalue weighted by molar-refractivity contribution is 7.89. The van der Waals surface area contributed by atoms with Gasteiger partial charge in [0.15, 0.2) is 5.03 Å². The van der Waals surface area contributed by atoms with E-state index < -0.39 is 15.6 Å². The molecule has 7 heteroatoms. The molecule has 1 saturated heterocycles. The number of hydrogen-bond donors (Lipinski definition) is 1. The minimum Gasteiger partial charge on any atom is -0.339 e. The van der Waals surface area contributed by atoms with E-state index in [0.29, 0.717) is 13.1 Å². The zero-order valence-corrected chi connectivity index (χ0v) is 11.1. The first-order chi connectivity index (χ1) is 7.75. The maximum Gasteiger partial charge on any atom is 0.262 e. The molecule has 0 atom stereocenters. The lowest BCUT2D eigenvalue weighted by Crippen LogP contribution is -2.70. The Hall–Kier alpha value is -0.920. The number of rotatable bonds is 3. The summed E-state index contributed by atoms with van der Waals surface area (Å²) in [6.45, 7) is 4.74. The van der Waals surface area contributed by atoms with E-state index in [1.807, 2.05) is 13.8 Å². The third kappa shape index (κ3) is 1.98. The fourth-order valence-electron chi connectivity index (χ4n) is 1.80. The quantitative estimate of drug-likeness (QED) is 0.812. The lowest BCUT2D eigenvalue weighted by molar-refractivity contribution is 0.110. The van der Waals surface area contributed by atoms with Crippen molar-refractivity contribution in [2.45, 2.75) is 24.4 Å². The lowest BCUT2D eigenvalue weighted by Gasteiger charge is -2.48. The van der Waals surface area contributed by atoms with Gasteiger partial charge in [0, 0.05) is 31.9 Å². The van der Waals surface area contributed by atoms with Crippen LogP contribution in [0.2, 0.25) is 0 Å². The molecule has 1 fully saturated rings. The van der Waals surface area contributed by atoms with Crippen molar-refractivity contribution in [2.75, 3.05) is 13.1 Å². The van der Waals surface area contributed by atoms with Gasteiger partial charge in [0.2, 0.25) is 0 Å². The van der Waals surface area contributed by atoms with Gasteiger partial charge >= 0.3 is 0 Å². The van der Waals surface area contributed by atoms with E-state index in [1.165, 1.54) is 16.8 Å². The molecule has 2 N–H and O–H groups in total. The van der Waals surface area contributed by atoms with Gasteiger partial charge in [-0.15, -0.1) is 0 Å². The number of nitrogens with two attached hydrogens (primary N) is 1. The molecule has 17 heavy (non-hydrogen) atoms. The average molecular weight is 258 g/mol. The Labute approximate surface area is 101 Å². The Morgan fingerprint density at radius 3 is 2.47 bits per heavy atom. The first-order valence-electron chi connectivity index (χ1n) is 5.53. The highest BCUT2D eigenvalue weighted by Crippen LogP contribution is 2.30. The number of hydrogen-bond acceptors (Lipinski definition) is 4. The van der Waals surface area contributed by atoms with Crippen LogP contribution in [0.5, 0.6) is 0 Å². The number of sulfonamides is 1. The third-order valence-corrected chi connectivity index (χ3v) is 5.05. The largest absolute Gasteiger partial charge is 0.339 e. The fraction of sp³-hybridized carbons (Fsp3) is 0.700. The molecule has 0 aromatic carbocycles. The summed E-state index contributed by atoms with van der Waals surface area (Å²) in [6.07, 6.45) is 2.98. The monoisotopic (exact) mass is 258 g/mol. The summed E-state index contributed by atoms with van der Waals surface area (Å²) < 4.78 is 27.3. The lowest BCUT2D eigenvalue weighted by atomic mass is 9.82. The molecule has 1 aromatic rings. The molecule has 96 valence electrons. The van der Waals surface area contributed by atoms with Crippen molar-refractivity contribution in [2.24, 2.45) is 18.7 Å². The van der Waals surface area contributed by atoms with Crippen molar-refractivity contribution < 1.29 is 8.42 Å². The van der Waals surface area contributed by atoms with Crippen molar-refractivity contribution in [1.29, 1.82) is 0 Å². The van der Waals surface area contributed by atoms with Gasteiger partial charge < -0.3 is 10.3 Å². The smallest absolute Gasteiger partial charge is 0.262 e. The van der Waals surface area contributed by atoms with E-state index in [2.05, 4.69) is 4.98 Å². The minimum absolute atomic E-state index is 0.0887. The summed E-state index contributed by atoms with van der Waals surface area (Å²) in [4.78, 5) is 3.88. The molecular weight excluding hydrogens is 240 g/mol. The van der Waals surface area contributed by atoms with Gasteiger partial charge in [-0.1, -0.05) is 13.8 Å². The molecule has 2 heterocycles. The van der Waals surface area contributed by atoms with Crippen LogP contribution < -0.4 is 5.73 Å². The molecular formula is C10H18N4O2S. The van der Waals surface area contributed by atoms with E-state index in [9.17, 15) is 8.42 Å². The SMILES string of the molecule is CC(C)C1(N)CN(S(=O)(=O)c2cn(C)cn2)C1. The molecule has 1 aliphatic heterocycles. The van der Waals surface area contributed by atoms with Crippen molar-refractivity contribution >= 4 is 10.0 Å². The van der Waals surface area contributed by atoms with E-state index in [1.54, 1.807) is 11.6 Å². The van der Waals surface area contributed by atoms with Crippen molar-refractivity contribution in [3.8, 4) is 0 Å². The summed E-state index contributed by atoms with van der Waals surface area (Å²) in [7, 11) is -1.73. The Morgan fingerprint density at radius 1 is 1.47 bits per heavy atom. The summed E-state index contributed by atoms with van der Waals surface area (Å²) in [5.41, 5.74) is 5.68. The maximum absolute atomic E-state index is 12.1. The van der Waals surface area contributed by atoms with Crippen LogP contribution in [-0.2, 0) is 17.1 Å². The predicted molar refractivity (Wildman–Crippen MR) is 63.7 cm³/mol. The molecule has 0 spiro atoms. The predicted octanol–water partition coefficient (Wildman–Crippen LogP) is -0.222. The van der Waals surface area contributed by atoms with Gasteiger partial charge in [0.05, 0.1) is 6.33 Å². The summed E-state index contributed by atoms with van der Waals surface area (Å²) >= 11 is 0. The molecule has 0 aliphatic carbocycles. The van der Waals surface area contributed by atoms with Gasteiger partial charge in [-0.3, -0.25) is 0 Å². The van der Waals surface area contributed by atoms with Crippen LogP contribution in [0.3, 0.4) is 0 Å². The highest BCUT2D eigenvalue weighted by Gasteiger charge is 2.48. The summed E-state index contributed by atoms with van der Waals surface area (Å²) in [5.74, 6) is 0.262. The topological polar surface area (TPSA) is 81.2 Å². The molecule has 6 nitrogen and oxygen atoms in total. The van der Waals surface area contributed by atoms with Crippen LogP contribution in [0, 0.1) is 5.92 Å². The number of nitrogens with zero attached hydrogens (tertiary/aromatic N) is 3. The molecule has 1 aromatic heterocycles. The second-order valence-corrected chi connectivity index (χ2v) is 6.92. The molecule has 0 unspecified atom stereocenters. The van der Waals surface area contributed by atoms with Crippen LogP contribution in [-0.4, -0.2) is 40.9 Å². The van der Waals surface area contributed by atoms with E-state index >= 15 is 0 Å². The normalized spacial score (nSPS) is 20.5. The molecule has 0 radical (unpaired) electrons. The number of aryl methyl sites for hydroxylation is 1. The van der Waals surface area contributed by atoms with Crippen LogP contribution >= 0.6 is 0 Å². The first kappa shape index (κ1) is 12.5. The third-order valence-electron chi connectivity index (χ3n) is 3.38. The Balaban J connectivity index is 2.16. The second kappa shape index (κ2) is 3.79. The minimum atomic E-state index is -3.46. The zero-order chi connectivity index (χ0) is 12.8. The Morgan fingerprint density at radius 2 is 2.06 bits per heavy atom. The average Bonchev–Trinajstić information content (AvgIpc) is 2.60. The van der Waals surface area contributed by atoms with Crippen LogP contribution in [0.25, 0.3) is 0 Å². The van der Waals surface area contributed by atoms with Crippen LogP contribution in [0.1, 0.15) is 13.8 Å². The van der Waals surface area contributed by atoms with Crippen LogP contribution in [0.15, 0.2) is 17.6 Å². The van der Waals surface area contributed by atoms with E-state index in [0.717, 1.165) is 0 Å². The van der Waals surface area contributed by atoms with Crippen molar-refractivity contribution in [3.63, 3.8) is 0 Å². The number of aromatic nitrogens is 2. The van der Waals surface area contributed by atoms with Gasteiger partial charge in [-0.2, -0.15) is 4.31 Å². The molecule has 0 saturated carbocycles. The van der Waals surface area contributed by atoms with E-state index in [-0.39, 0.29) is 10.9 Å². The summed E-state index contributed by atoms with van der Waals surface area (Å²) in [6, 6.07) is 0.